The van der Waals surface area contributed by atoms with E-state index in [4.69, 9.17) is 4.84 Å². The van der Waals surface area contributed by atoms with Crippen LogP contribution in [0.3, 0.4) is 0 Å². The average molecular weight is 521 g/mol. The largest absolute Gasteiger partial charge is 0.404 e. The van der Waals surface area contributed by atoms with Gasteiger partial charge in [-0.2, -0.15) is 5.26 Å². The predicted molar refractivity (Wildman–Crippen MR) is 156 cm³/mol. The summed E-state index contributed by atoms with van der Waals surface area (Å²) in [7, 11) is 0. The van der Waals surface area contributed by atoms with Crippen molar-refractivity contribution >= 4 is 16.6 Å². The van der Waals surface area contributed by atoms with Crippen molar-refractivity contribution in [2.24, 2.45) is 5.92 Å². The van der Waals surface area contributed by atoms with Gasteiger partial charge >= 0.3 is 0 Å². The number of aliphatic hydroxyl groups is 1. The van der Waals surface area contributed by atoms with Crippen LogP contribution in [0.2, 0.25) is 0 Å². The Kier molecular flexibility index (Phi) is 8.81. The number of rotatable bonds is 11. The van der Waals surface area contributed by atoms with Crippen LogP contribution in [0.25, 0.3) is 10.8 Å². The maximum atomic E-state index is 13.2. The van der Waals surface area contributed by atoms with E-state index in [9.17, 15) is 15.2 Å². The van der Waals surface area contributed by atoms with Gasteiger partial charge < -0.3 is 9.94 Å². The van der Waals surface area contributed by atoms with Crippen molar-refractivity contribution in [3.05, 3.63) is 113 Å². The summed E-state index contributed by atoms with van der Waals surface area (Å²) < 4.78 is 0. The molecule has 39 heavy (non-hydrogen) atoms. The molecule has 200 valence electrons. The Bertz CT molecular complexity index is 1470. The van der Waals surface area contributed by atoms with Crippen LogP contribution < -0.4 is 4.84 Å². The molecule has 0 bridgehead atoms. The van der Waals surface area contributed by atoms with Gasteiger partial charge in [0, 0.05) is 11.5 Å². The minimum Gasteiger partial charge on any atom is -0.404 e. The smallest absolute Gasteiger partial charge is 0.166 e. The minimum absolute atomic E-state index is 0.0145. The topological polar surface area (TPSA) is 73.6 Å². The Morgan fingerprint density at radius 2 is 1.62 bits per heavy atom. The van der Waals surface area contributed by atoms with E-state index in [2.05, 4.69) is 50.2 Å². The number of hydrogen-bond acceptors (Lipinski definition) is 5. The van der Waals surface area contributed by atoms with Crippen molar-refractivity contribution in [2.45, 2.75) is 52.2 Å². The van der Waals surface area contributed by atoms with Gasteiger partial charge in [0.25, 0.3) is 0 Å². The maximum absolute atomic E-state index is 13.2. The van der Waals surface area contributed by atoms with Gasteiger partial charge in [-0.15, -0.1) is 5.06 Å². The molecule has 4 rings (SSSR count). The van der Waals surface area contributed by atoms with Gasteiger partial charge in [0.15, 0.2) is 11.5 Å². The zero-order chi connectivity index (χ0) is 28.0. The van der Waals surface area contributed by atoms with Crippen molar-refractivity contribution in [2.75, 3.05) is 6.54 Å². The molecule has 0 amide bonds. The van der Waals surface area contributed by atoms with E-state index < -0.39 is 11.6 Å². The van der Waals surface area contributed by atoms with Crippen LogP contribution in [-0.4, -0.2) is 34.1 Å². The number of hydrogen-bond donors (Lipinski definition) is 1. The molecular formula is C34H36N2O3. The van der Waals surface area contributed by atoms with Crippen molar-refractivity contribution in [3.8, 4) is 11.8 Å². The van der Waals surface area contributed by atoms with Gasteiger partial charge in [-0.25, -0.2) is 0 Å². The molecule has 0 aliphatic carbocycles. The second-order valence-electron chi connectivity index (χ2n) is 10.9. The van der Waals surface area contributed by atoms with Crippen LogP contribution in [0.1, 0.15) is 54.7 Å². The summed E-state index contributed by atoms with van der Waals surface area (Å²) >= 11 is 0. The Morgan fingerprint density at radius 1 is 0.923 bits per heavy atom. The van der Waals surface area contributed by atoms with Gasteiger partial charge in [0.05, 0.1) is 23.8 Å². The Labute approximate surface area is 231 Å². The molecule has 2 atom stereocenters. The first-order valence-electron chi connectivity index (χ1n) is 13.4. The first kappa shape index (κ1) is 28.0. The molecule has 0 heterocycles. The number of Topliss-reactive ketones (excluding diaryl/α,β-unsaturated/α-hetero) is 1. The van der Waals surface area contributed by atoms with Gasteiger partial charge in [-0.3, -0.25) is 4.79 Å². The normalized spacial score (nSPS) is 13.2. The molecule has 0 spiro atoms. The second kappa shape index (κ2) is 12.3. The van der Waals surface area contributed by atoms with E-state index in [1.807, 2.05) is 49.4 Å². The average Bonchev–Trinajstić information content (AvgIpc) is 2.92. The lowest BCUT2D eigenvalue weighted by Crippen LogP contribution is -2.50. The molecule has 0 fully saturated rings. The Morgan fingerprint density at radius 3 is 2.31 bits per heavy atom. The number of ketones is 1. The number of carbonyl (C=O) groups is 1. The van der Waals surface area contributed by atoms with Crippen LogP contribution in [-0.2, 0) is 12.8 Å². The van der Waals surface area contributed by atoms with Crippen molar-refractivity contribution < 1.29 is 14.7 Å². The van der Waals surface area contributed by atoms with E-state index in [1.165, 1.54) is 10.8 Å². The first-order chi connectivity index (χ1) is 18.7. The fraction of sp³-hybridized carbons (Fsp3) is 0.294. The third-order valence-corrected chi connectivity index (χ3v) is 6.98. The lowest BCUT2D eigenvalue weighted by Gasteiger charge is -2.38. The van der Waals surface area contributed by atoms with E-state index in [-0.39, 0.29) is 23.8 Å². The molecule has 1 N–H and O–H groups in total. The highest BCUT2D eigenvalue weighted by Gasteiger charge is 2.31. The first-order valence-corrected chi connectivity index (χ1v) is 13.4. The molecule has 0 aliphatic heterocycles. The number of fused-ring (bicyclic) bond motifs is 1. The molecule has 0 saturated heterocycles. The number of carbonyl (C=O) groups excluding carboxylic acids is 1. The zero-order valence-corrected chi connectivity index (χ0v) is 23.1. The van der Waals surface area contributed by atoms with Gasteiger partial charge in [-0.1, -0.05) is 79.7 Å². The monoisotopic (exact) mass is 520 g/mol. The number of nitrogens with zero attached hydrogens (tertiary/aromatic N) is 2. The number of hydroxylamine groups is 2. The highest BCUT2D eigenvalue weighted by atomic mass is 16.7. The Balaban J connectivity index is 1.54. The summed E-state index contributed by atoms with van der Waals surface area (Å²) in [6, 6.07) is 31.8. The molecule has 0 aliphatic rings. The number of benzene rings is 4. The fourth-order valence-electron chi connectivity index (χ4n) is 4.90. The second-order valence-corrected chi connectivity index (χ2v) is 10.9. The molecule has 0 aromatic heterocycles. The highest BCUT2D eigenvalue weighted by molar-refractivity contribution is 5.98. The number of nitriles is 1. The summed E-state index contributed by atoms with van der Waals surface area (Å²) in [5, 5.41) is 24.3. The van der Waals surface area contributed by atoms with Gasteiger partial charge in [0.1, 0.15) is 6.07 Å². The Hall–Kier alpha value is -3.98. The molecule has 4 aromatic carbocycles. The molecule has 0 unspecified atom stereocenters. The van der Waals surface area contributed by atoms with Crippen LogP contribution in [0.4, 0.5) is 0 Å². The van der Waals surface area contributed by atoms with Gasteiger partial charge in [0.2, 0.25) is 0 Å². The van der Waals surface area contributed by atoms with E-state index >= 15 is 0 Å². The van der Waals surface area contributed by atoms with Crippen LogP contribution in [0.15, 0.2) is 91.0 Å². The summed E-state index contributed by atoms with van der Waals surface area (Å²) in [5.74, 6) is 0.120. The van der Waals surface area contributed by atoms with Gasteiger partial charge in [-0.05, 0) is 73.7 Å². The number of β-amino-alcohol motifs (C(OH)–C–C–N with tert-alkyl or cyclic N) is 1. The molecule has 4 aromatic rings. The molecule has 0 radical (unpaired) electrons. The quantitative estimate of drug-likeness (QED) is 0.174. The van der Waals surface area contributed by atoms with Crippen molar-refractivity contribution in [1.29, 1.82) is 5.26 Å². The lowest BCUT2D eigenvalue weighted by atomic mass is 9.92. The fourth-order valence-corrected chi connectivity index (χ4v) is 4.90. The third kappa shape index (κ3) is 7.11. The molecule has 5 heteroatoms. The van der Waals surface area contributed by atoms with E-state index in [0.29, 0.717) is 24.2 Å². The van der Waals surface area contributed by atoms with Crippen molar-refractivity contribution in [1.82, 2.24) is 5.06 Å². The standard InChI is InChI=1S/C34H36N2O3/c1-24(18-26-10-6-5-7-11-26)33(38)30-16-17-32(31(20-30)22-35)39-36(23-25(2)37)34(3,4)21-27-14-15-28-12-8-9-13-29(28)19-27/h5-17,19-20,24-25,37H,18,21,23H2,1-4H3/t24-,25-/m1/s1. The minimum atomic E-state index is -0.647. The van der Waals surface area contributed by atoms with E-state index in [1.54, 1.807) is 30.2 Å². The van der Waals surface area contributed by atoms with Crippen LogP contribution >= 0.6 is 0 Å². The zero-order valence-electron chi connectivity index (χ0n) is 23.1. The SMILES string of the molecule is C[C@H](Cc1ccccc1)C(=O)c1ccc(ON(C[C@@H](C)O)C(C)(C)Cc2ccc3ccccc3c2)c(C#N)c1. The maximum Gasteiger partial charge on any atom is 0.166 e. The predicted octanol–water partition coefficient (Wildman–Crippen LogP) is 6.77. The molecular weight excluding hydrogens is 484 g/mol. The summed E-state index contributed by atoms with van der Waals surface area (Å²) in [5.41, 5.74) is 2.50. The number of aliphatic hydroxyl groups excluding tert-OH is 1. The third-order valence-electron chi connectivity index (χ3n) is 6.98. The summed E-state index contributed by atoms with van der Waals surface area (Å²) in [6.07, 6.45) is 0.649. The lowest BCUT2D eigenvalue weighted by molar-refractivity contribution is -0.148. The van der Waals surface area contributed by atoms with Crippen LogP contribution in [0.5, 0.6) is 5.75 Å². The van der Waals surface area contributed by atoms with E-state index in [0.717, 1.165) is 11.1 Å². The highest BCUT2D eigenvalue weighted by Crippen LogP contribution is 2.28. The molecule has 5 nitrogen and oxygen atoms in total. The summed E-state index contributed by atoms with van der Waals surface area (Å²) in [6.45, 7) is 7.98. The molecule has 0 saturated carbocycles. The summed E-state index contributed by atoms with van der Waals surface area (Å²) in [4.78, 5) is 19.5. The van der Waals surface area contributed by atoms with Crippen molar-refractivity contribution in [3.63, 3.8) is 0 Å². The van der Waals surface area contributed by atoms with Crippen LogP contribution in [0, 0.1) is 17.2 Å².